The van der Waals surface area contributed by atoms with E-state index >= 15 is 0 Å². The highest BCUT2D eigenvalue weighted by Gasteiger charge is 2.33. The summed E-state index contributed by atoms with van der Waals surface area (Å²) in [6.07, 6.45) is 2.41. The highest BCUT2D eigenvalue weighted by Crippen LogP contribution is 2.28. The Labute approximate surface area is 172 Å². The van der Waals surface area contributed by atoms with Crippen LogP contribution in [0.3, 0.4) is 0 Å². The Morgan fingerprint density at radius 3 is 3.04 bits per heavy atom. The van der Waals surface area contributed by atoms with Gasteiger partial charge in [-0.1, -0.05) is 12.1 Å². The van der Waals surface area contributed by atoms with E-state index in [1.54, 1.807) is 22.8 Å². The molecular weight excluding hydrogens is 394 g/mol. The first-order valence-corrected chi connectivity index (χ1v) is 10.8. The number of nitrogens with one attached hydrogen (secondary N) is 1. The number of thiazole rings is 1. The molecule has 0 saturated carbocycles. The van der Waals surface area contributed by atoms with Gasteiger partial charge < -0.3 is 14.2 Å². The monoisotopic (exact) mass is 418 g/mol. The molecule has 7 nitrogen and oxygen atoms in total. The predicted molar refractivity (Wildman–Crippen MR) is 110 cm³/mol. The van der Waals surface area contributed by atoms with Crippen LogP contribution in [0, 0.1) is 4.77 Å². The van der Waals surface area contributed by atoms with Gasteiger partial charge in [0, 0.05) is 19.9 Å². The lowest BCUT2D eigenvalue weighted by Gasteiger charge is -2.19. The van der Waals surface area contributed by atoms with Gasteiger partial charge in [-0.15, -0.1) is 11.3 Å². The number of carbonyl (C=O) groups is 1. The van der Waals surface area contributed by atoms with Gasteiger partial charge in [-0.2, -0.15) is 9.78 Å². The number of aromatic nitrogens is 4. The SMILES string of the molecule is CCOC(=O)Cc1nn(C[NH+]2CCC[C@H]2c2nc3ccccc3s2)c(=S)n1C. The van der Waals surface area contributed by atoms with E-state index in [9.17, 15) is 4.79 Å². The van der Waals surface area contributed by atoms with Crippen LogP contribution < -0.4 is 4.90 Å². The van der Waals surface area contributed by atoms with Crippen LogP contribution in [0.15, 0.2) is 24.3 Å². The summed E-state index contributed by atoms with van der Waals surface area (Å²) in [4.78, 5) is 18.1. The summed E-state index contributed by atoms with van der Waals surface area (Å²) in [7, 11) is 1.85. The largest absolute Gasteiger partial charge is 0.466 e. The van der Waals surface area contributed by atoms with Gasteiger partial charge in [-0.3, -0.25) is 4.79 Å². The smallest absolute Gasteiger partial charge is 0.313 e. The first-order chi connectivity index (χ1) is 13.6. The molecular formula is C19H24N5O2S2+. The zero-order valence-corrected chi connectivity index (χ0v) is 17.7. The number of ether oxygens (including phenoxy) is 1. The van der Waals surface area contributed by atoms with E-state index in [-0.39, 0.29) is 12.4 Å². The maximum Gasteiger partial charge on any atom is 0.313 e. The summed E-state index contributed by atoms with van der Waals surface area (Å²) < 4.78 is 10.5. The van der Waals surface area contributed by atoms with E-state index in [1.165, 1.54) is 14.6 Å². The van der Waals surface area contributed by atoms with Crippen LogP contribution in [0.25, 0.3) is 10.2 Å². The zero-order valence-electron chi connectivity index (χ0n) is 16.1. The number of hydrogen-bond acceptors (Lipinski definition) is 6. The van der Waals surface area contributed by atoms with Gasteiger partial charge in [0.2, 0.25) is 4.77 Å². The van der Waals surface area contributed by atoms with Gasteiger partial charge in [0.25, 0.3) is 0 Å². The highest BCUT2D eigenvalue weighted by atomic mass is 32.1. The molecule has 1 aliphatic rings. The van der Waals surface area contributed by atoms with Gasteiger partial charge in [-0.05, 0) is 31.3 Å². The molecule has 1 fully saturated rings. The average Bonchev–Trinajstić information content (AvgIpc) is 3.37. The second kappa shape index (κ2) is 8.10. The van der Waals surface area contributed by atoms with Crippen molar-refractivity contribution in [3.63, 3.8) is 0 Å². The molecule has 3 heterocycles. The third kappa shape index (κ3) is 3.74. The summed E-state index contributed by atoms with van der Waals surface area (Å²) in [6, 6.07) is 8.64. The van der Waals surface area contributed by atoms with E-state index in [4.69, 9.17) is 21.9 Å². The van der Waals surface area contributed by atoms with Crippen LogP contribution >= 0.6 is 23.6 Å². The number of fused-ring (bicyclic) bond motifs is 1. The Hall–Kier alpha value is -2.10. The molecule has 1 N–H and O–H groups in total. The number of benzene rings is 1. The van der Waals surface area contributed by atoms with Gasteiger partial charge >= 0.3 is 5.97 Å². The van der Waals surface area contributed by atoms with Crippen LogP contribution in [0.5, 0.6) is 0 Å². The molecule has 0 radical (unpaired) electrons. The zero-order chi connectivity index (χ0) is 19.7. The van der Waals surface area contributed by atoms with Crippen LogP contribution in [0.2, 0.25) is 0 Å². The molecule has 4 rings (SSSR count). The number of quaternary nitrogens is 1. The van der Waals surface area contributed by atoms with Crippen molar-refractivity contribution in [1.82, 2.24) is 19.3 Å². The summed E-state index contributed by atoms with van der Waals surface area (Å²) in [5, 5.41) is 5.79. The van der Waals surface area contributed by atoms with Crippen molar-refractivity contribution in [2.24, 2.45) is 7.05 Å². The lowest BCUT2D eigenvalue weighted by atomic mass is 10.2. The summed E-state index contributed by atoms with van der Waals surface area (Å²) in [5.41, 5.74) is 1.07. The van der Waals surface area contributed by atoms with Crippen molar-refractivity contribution in [1.29, 1.82) is 0 Å². The molecule has 1 saturated heterocycles. The van der Waals surface area contributed by atoms with Gasteiger partial charge in [0.05, 0.1) is 23.4 Å². The molecule has 1 aromatic carbocycles. The average molecular weight is 419 g/mol. The fourth-order valence-electron chi connectivity index (χ4n) is 3.76. The molecule has 28 heavy (non-hydrogen) atoms. The number of likely N-dealkylation sites (tertiary alicyclic amines) is 1. The highest BCUT2D eigenvalue weighted by molar-refractivity contribution is 7.71. The quantitative estimate of drug-likeness (QED) is 0.490. The lowest BCUT2D eigenvalue weighted by molar-refractivity contribution is -0.941. The van der Waals surface area contributed by atoms with Crippen LogP contribution in [-0.2, 0) is 29.7 Å². The number of nitrogens with zero attached hydrogens (tertiary/aromatic N) is 4. The number of esters is 1. The van der Waals surface area contributed by atoms with E-state index < -0.39 is 0 Å². The summed E-state index contributed by atoms with van der Waals surface area (Å²) in [5.74, 6) is 0.359. The number of carbonyl (C=O) groups excluding carboxylic acids is 1. The Bertz CT molecular complexity index is 1020. The van der Waals surface area contributed by atoms with Gasteiger partial charge in [0.1, 0.15) is 18.3 Å². The number of para-hydroxylation sites is 1. The van der Waals surface area contributed by atoms with E-state index in [0.29, 0.717) is 29.9 Å². The fraction of sp³-hybridized carbons (Fsp3) is 0.474. The summed E-state index contributed by atoms with van der Waals surface area (Å²) in [6.45, 7) is 3.90. The van der Waals surface area contributed by atoms with E-state index in [2.05, 4.69) is 23.3 Å². The molecule has 148 valence electrons. The van der Waals surface area contributed by atoms with E-state index in [0.717, 1.165) is 24.9 Å². The normalized spacial score (nSPS) is 19.4. The second-order valence-electron chi connectivity index (χ2n) is 7.02. The fourth-order valence-corrected chi connectivity index (χ4v) is 5.13. The maximum atomic E-state index is 11.8. The van der Waals surface area contributed by atoms with Crippen molar-refractivity contribution in [2.45, 2.75) is 38.9 Å². The van der Waals surface area contributed by atoms with Crippen molar-refractivity contribution >= 4 is 39.7 Å². The van der Waals surface area contributed by atoms with Gasteiger partial charge in [-0.25, -0.2) is 4.98 Å². The standard InChI is InChI=1S/C19H23N5O2S2/c1-3-26-17(25)11-16-21-24(19(27)22(16)2)12-23-10-6-8-14(23)18-20-13-7-4-5-9-15(13)28-18/h4-5,7,9,14H,3,6,8,10-12H2,1-2H3/p+1/t14-/m0/s1. The summed E-state index contributed by atoms with van der Waals surface area (Å²) >= 11 is 7.34. The third-order valence-corrected chi connectivity index (χ3v) is 6.82. The Morgan fingerprint density at radius 2 is 2.25 bits per heavy atom. The van der Waals surface area contributed by atoms with Crippen molar-refractivity contribution in [3.05, 3.63) is 39.9 Å². The van der Waals surface area contributed by atoms with Crippen molar-refractivity contribution in [3.8, 4) is 0 Å². The molecule has 3 aromatic rings. The lowest BCUT2D eigenvalue weighted by Crippen LogP contribution is -3.09. The molecule has 1 unspecified atom stereocenters. The molecule has 9 heteroatoms. The minimum Gasteiger partial charge on any atom is -0.466 e. The molecule has 0 spiro atoms. The molecule has 0 aliphatic carbocycles. The topological polar surface area (TPSA) is 66.4 Å². The van der Waals surface area contributed by atoms with Crippen molar-refractivity contribution in [2.75, 3.05) is 13.2 Å². The van der Waals surface area contributed by atoms with Crippen LogP contribution in [-0.4, -0.2) is 38.5 Å². The molecule has 2 atom stereocenters. The minimum atomic E-state index is -0.279. The first-order valence-electron chi connectivity index (χ1n) is 9.55. The molecule has 0 bridgehead atoms. The molecule has 0 amide bonds. The van der Waals surface area contributed by atoms with Gasteiger partial charge in [0.15, 0.2) is 11.7 Å². The van der Waals surface area contributed by atoms with Crippen molar-refractivity contribution < 1.29 is 14.4 Å². The number of rotatable bonds is 6. The molecule has 1 aliphatic heterocycles. The Kier molecular flexibility index (Phi) is 5.56. The van der Waals surface area contributed by atoms with E-state index in [1.807, 2.05) is 17.8 Å². The number of hydrogen-bond donors (Lipinski definition) is 1. The maximum absolute atomic E-state index is 11.8. The van der Waals surface area contributed by atoms with Crippen LogP contribution in [0.4, 0.5) is 0 Å². The third-order valence-electron chi connectivity index (χ3n) is 5.18. The predicted octanol–water partition coefficient (Wildman–Crippen LogP) is 2.04. The Morgan fingerprint density at radius 1 is 1.43 bits per heavy atom. The van der Waals surface area contributed by atoms with Crippen LogP contribution in [0.1, 0.15) is 36.6 Å². The Balaban J connectivity index is 1.54. The first kappa shape index (κ1) is 19.2. The molecule has 2 aromatic heterocycles. The minimum absolute atomic E-state index is 0.137. The second-order valence-corrected chi connectivity index (χ2v) is 8.45.